The average Bonchev–Trinajstić information content (AvgIpc) is 2.84. The van der Waals surface area contributed by atoms with Gasteiger partial charge in [-0.05, 0) is 37.0 Å². The van der Waals surface area contributed by atoms with E-state index in [1.165, 1.54) is 0 Å². The summed E-state index contributed by atoms with van der Waals surface area (Å²) in [6.07, 6.45) is 3.11. The summed E-state index contributed by atoms with van der Waals surface area (Å²) in [5.41, 5.74) is 2.17. The second-order valence-electron chi connectivity index (χ2n) is 4.70. The molecule has 1 saturated carbocycles. The predicted molar refractivity (Wildman–Crippen MR) is 80.4 cm³/mol. The van der Waals surface area contributed by atoms with Gasteiger partial charge < -0.3 is 0 Å². The Balaban J connectivity index is 1.71. The first-order chi connectivity index (χ1) is 9.22. The molecular weight excluding hydrogens is 280 g/mol. The Bertz CT molecular complexity index is 583. The maximum atomic E-state index is 11.5. The van der Waals surface area contributed by atoms with Gasteiger partial charge in [-0.1, -0.05) is 23.7 Å². The van der Waals surface area contributed by atoms with Crippen molar-refractivity contribution in [1.29, 1.82) is 0 Å². The Morgan fingerprint density at radius 3 is 3.11 bits per heavy atom. The van der Waals surface area contributed by atoms with Gasteiger partial charge in [0.05, 0.1) is 5.04 Å². The maximum absolute atomic E-state index is 11.5. The number of rotatable bonds is 2. The average molecular weight is 293 g/mol. The number of aliphatic imine (C=N–C) groups is 2. The third-order valence-corrected chi connectivity index (χ3v) is 4.73. The second-order valence-corrected chi connectivity index (χ2v) is 6.13. The first kappa shape index (κ1) is 12.9. The van der Waals surface area contributed by atoms with Gasteiger partial charge in [-0.15, -0.1) is 11.8 Å². The smallest absolute Gasteiger partial charge is 0.244 e. The van der Waals surface area contributed by atoms with E-state index in [1.54, 1.807) is 11.8 Å². The van der Waals surface area contributed by atoms with E-state index in [2.05, 4.69) is 9.98 Å². The Labute approximate surface area is 121 Å². The molecule has 1 unspecified atom stereocenters. The normalized spacial score (nSPS) is 21.9. The quantitative estimate of drug-likeness (QED) is 0.813. The van der Waals surface area contributed by atoms with E-state index < -0.39 is 0 Å². The van der Waals surface area contributed by atoms with Crippen molar-refractivity contribution in [3.8, 4) is 0 Å². The van der Waals surface area contributed by atoms with E-state index in [1.807, 2.05) is 24.3 Å². The lowest BCUT2D eigenvalue weighted by Gasteiger charge is -2.16. The number of hydrogen-bond acceptors (Lipinski definition) is 2. The first-order valence-electron chi connectivity index (χ1n) is 6.29. The summed E-state index contributed by atoms with van der Waals surface area (Å²) in [5.74, 6) is 1.07. The lowest BCUT2D eigenvalue weighted by atomic mass is 10.1. The Hall–Kier alpha value is -1.13. The van der Waals surface area contributed by atoms with Crippen LogP contribution in [-0.2, 0) is 5.75 Å². The number of amides is 2. The van der Waals surface area contributed by atoms with Crippen LogP contribution in [0, 0.1) is 5.92 Å². The van der Waals surface area contributed by atoms with E-state index in [0.29, 0.717) is 0 Å². The van der Waals surface area contributed by atoms with E-state index in [9.17, 15) is 4.79 Å². The van der Waals surface area contributed by atoms with Crippen LogP contribution in [0.4, 0.5) is 4.79 Å². The van der Waals surface area contributed by atoms with Crippen molar-refractivity contribution in [3.05, 3.63) is 34.9 Å². The maximum Gasteiger partial charge on any atom is 0.367 e. The summed E-state index contributed by atoms with van der Waals surface area (Å²) in [7, 11) is 0. The molecule has 1 aliphatic heterocycles. The highest BCUT2D eigenvalue weighted by Crippen LogP contribution is 2.32. The van der Waals surface area contributed by atoms with Crippen LogP contribution >= 0.6 is 23.4 Å². The molecule has 98 valence electrons. The molecule has 2 aliphatic rings. The van der Waals surface area contributed by atoms with E-state index in [-0.39, 0.29) is 11.9 Å². The molecule has 19 heavy (non-hydrogen) atoms. The van der Waals surface area contributed by atoms with Crippen LogP contribution in [-0.4, -0.2) is 16.8 Å². The summed E-state index contributed by atoms with van der Waals surface area (Å²) in [4.78, 5) is 19.6. The third kappa shape index (κ3) is 2.90. The number of halogens is 1. The topological polar surface area (TPSA) is 41.8 Å². The molecule has 0 radical (unpaired) electrons. The molecule has 5 heteroatoms. The van der Waals surface area contributed by atoms with Crippen LogP contribution in [0.15, 0.2) is 34.3 Å². The van der Waals surface area contributed by atoms with Crippen LogP contribution in [0.2, 0.25) is 5.02 Å². The summed E-state index contributed by atoms with van der Waals surface area (Å²) in [5, 5.41) is 1.66. The zero-order valence-corrected chi connectivity index (χ0v) is 11.9. The molecule has 2 amide bonds. The molecule has 3 rings (SSSR count). The Morgan fingerprint density at radius 1 is 1.37 bits per heavy atom. The molecule has 0 spiro atoms. The second kappa shape index (κ2) is 5.47. The van der Waals surface area contributed by atoms with Crippen LogP contribution in [0.25, 0.3) is 0 Å². The minimum absolute atomic E-state index is 0.280. The molecule has 1 aromatic rings. The Kier molecular flexibility index (Phi) is 3.71. The standard InChI is InChI=1S/C14H13ClN2OS/c15-10-4-1-3-9(7-10)8-19-13-11-5-2-6-12(11)16-14(18)17-13/h1,3-4,7,11H,2,5-6,8H2. The van der Waals surface area contributed by atoms with Gasteiger partial charge in [0.1, 0.15) is 0 Å². The summed E-state index contributed by atoms with van der Waals surface area (Å²) in [6.45, 7) is 0. The molecule has 0 saturated heterocycles. The number of carbonyl (C=O) groups is 1. The van der Waals surface area contributed by atoms with Crippen molar-refractivity contribution in [2.45, 2.75) is 25.0 Å². The molecule has 3 nitrogen and oxygen atoms in total. The molecule has 0 N–H and O–H groups in total. The van der Waals surface area contributed by atoms with Gasteiger partial charge >= 0.3 is 6.03 Å². The van der Waals surface area contributed by atoms with Gasteiger partial charge in [-0.2, -0.15) is 4.99 Å². The number of urea groups is 1. The van der Waals surface area contributed by atoms with Crippen molar-refractivity contribution >= 4 is 40.1 Å². The van der Waals surface area contributed by atoms with E-state index >= 15 is 0 Å². The van der Waals surface area contributed by atoms with Crippen molar-refractivity contribution in [1.82, 2.24) is 0 Å². The molecule has 1 aromatic carbocycles. The van der Waals surface area contributed by atoms with Gasteiger partial charge in [0.2, 0.25) is 0 Å². The van der Waals surface area contributed by atoms with E-state index in [0.717, 1.165) is 46.4 Å². The fraction of sp³-hybridized carbons (Fsp3) is 0.357. The fourth-order valence-electron chi connectivity index (χ4n) is 2.46. The number of benzene rings is 1. The van der Waals surface area contributed by atoms with Crippen molar-refractivity contribution in [2.75, 3.05) is 0 Å². The van der Waals surface area contributed by atoms with Crippen molar-refractivity contribution in [3.63, 3.8) is 0 Å². The third-order valence-electron chi connectivity index (χ3n) is 3.35. The van der Waals surface area contributed by atoms with Gasteiger partial charge in [-0.3, -0.25) is 0 Å². The highest BCUT2D eigenvalue weighted by atomic mass is 35.5. The predicted octanol–water partition coefficient (Wildman–Crippen LogP) is 4.35. The summed E-state index contributed by atoms with van der Waals surface area (Å²) < 4.78 is 0. The molecule has 0 aromatic heterocycles. The minimum atomic E-state index is -0.346. The van der Waals surface area contributed by atoms with Crippen LogP contribution in [0.5, 0.6) is 0 Å². The SMILES string of the molecule is O=C1N=C2CCCC2C(SCc2cccc(Cl)c2)=N1. The van der Waals surface area contributed by atoms with Gasteiger partial charge in [0.25, 0.3) is 0 Å². The summed E-state index contributed by atoms with van der Waals surface area (Å²) in [6, 6.07) is 7.44. The van der Waals surface area contributed by atoms with Gasteiger partial charge in [0.15, 0.2) is 0 Å². The molecule has 0 bridgehead atoms. The van der Waals surface area contributed by atoms with E-state index in [4.69, 9.17) is 11.6 Å². The van der Waals surface area contributed by atoms with Gasteiger partial charge in [-0.25, -0.2) is 9.79 Å². The van der Waals surface area contributed by atoms with Crippen LogP contribution < -0.4 is 0 Å². The highest BCUT2D eigenvalue weighted by Gasteiger charge is 2.31. The molecule has 1 atom stereocenters. The summed E-state index contributed by atoms with van der Waals surface area (Å²) >= 11 is 7.59. The lowest BCUT2D eigenvalue weighted by molar-refractivity contribution is 0.256. The molecule has 1 aliphatic carbocycles. The fourth-order valence-corrected chi connectivity index (χ4v) is 3.77. The first-order valence-corrected chi connectivity index (χ1v) is 7.66. The zero-order valence-electron chi connectivity index (χ0n) is 10.3. The van der Waals surface area contributed by atoms with Crippen LogP contribution in [0.1, 0.15) is 24.8 Å². The number of carbonyl (C=O) groups excluding carboxylic acids is 1. The number of fused-ring (bicyclic) bond motifs is 1. The highest BCUT2D eigenvalue weighted by molar-refractivity contribution is 8.13. The van der Waals surface area contributed by atoms with Crippen molar-refractivity contribution < 1.29 is 4.79 Å². The number of nitrogens with zero attached hydrogens (tertiary/aromatic N) is 2. The lowest BCUT2D eigenvalue weighted by Crippen LogP contribution is -2.22. The number of hydrogen-bond donors (Lipinski definition) is 0. The number of thioether (sulfide) groups is 1. The largest absolute Gasteiger partial charge is 0.367 e. The molecule has 1 heterocycles. The van der Waals surface area contributed by atoms with Crippen LogP contribution in [0.3, 0.4) is 0 Å². The van der Waals surface area contributed by atoms with Crippen molar-refractivity contribution in [2.24, 2.45) is 15.9 Å². The molecular formula is C14H13ClN2OS. The Morgan fingerprint density at radius 2 is 2.26 bits per heavy atom. The zero-order chi connectivity index (χ0) is 13.2. The monoisotopic (exact) mass is 292 g/mol. The van der Waals surface area contributed by atoms with Gasteiger partial charge in [0, 0.05) is 22.4 Å². The minimum Gasteiger partial charge on any atom is -0.244 e. The molecule has 1 fully saturated rings.